The van der Waals surface area contributed by atoms with Crippen molar-refractivity contribution < 1.29 is 17.9 Å². The lowest BCUT2D eigenvalue weighted by molar-refractivity contribution is -0.140. The summed E-state index contributed by atoms with van der Waals surface area (Å²) in [5.41, 5.74) is 0.500. The van der Waals surface area contributed by atoms with Crippen LogP contribution in [0.15, 0.2) is 18.2 Å². The van der Waals surface area contributed by atoms with Crippen LogP contribution in [-0.2, 0) is 0 Å². The first kappa shape index (κ1) is 15.1. The molecule has 0 aromatic heterocycles. The van der Waals surface area contributed by atoms with Crippen LogP contribution in [0.5, 0.6) is 5.75 Å². The number of nitrogens with one attached hydrogen (secondary N) is 1. The average molecular weight is 282 g/mol. The highest BCUT2D eigenvalue weighted by molar-refractivity contribution is 6.32. The van der Waals surface area contributed by atoms with Crippen molar-refractivity contribution in [2.24, 2.45) is 0 Å². The summed E-state index contributed by atoms with van der Waals surface area (Å²) in [6.45, 7) is 2.21. The van der Waals surface area contributed by atoms with Crippen LogP contribution in [0.4, 0.5) is 13.2 Å². The monoisotopic (exact) mass is 281 g/mol. The molecule has 0 heterocycles. The standard InChI is InChI=1S/C12H15ClF3NO/c1-3-17-10(7-12(14,15)16)8-4-5-11(18-2)9(13)6-8/h4-6,10,17H,3,7H2,1-2H3. The maximum Gasteiger partial charge on any atom is 0.390 e. The van der Waals surface area contributed by atoms with Gasteiger partial charge in [0.05, 0.1) is 18.6 Å². The van der Waals surface area contributed by atoms with Gasteiger partial charge in [-0.15, -0.1) is 0 Å². The van der Waals surface area contributed by atoms with Crippen LogP contribution in [0.25, 0.3) is 0 Å². The van der Waals surface area contributed by atoms with Gasteiger partial charge >= 0.3 is 6.18 Å². The third-order valence-electron chi connectivity index (χ3n) is 2.46. The molecule has 6 heteroatoms. The summed E-state index contributed by atoms with van der Waals surface area (Å²) in [6, 6.07) is 3.86. The van der Waals surface area contributed by atoms with E-state index in [1.54, 1.807) is 19.1 Å². The van der Waals surface area contributed by atoms with Gasteiger partial charge in [-0.2, -0.15) is 13.2 Å². The molecular weight excluding hydrogens is 267 g/mol. The molecule has 0 aliphatic rings. The van der Waals surface area contributed by atoms with Crippen molar-refractivity contribution in [3.63, 3.8) is 0 Å². The summed E-state index contributed by atoms with van der Waals surface area (Å²) in [5, 5.41) is 3.11. The Morgan fingerprint density at radius 3 is 2.50 bits per heavy atom. The Balaban J connectivity index is 2.95. The Morgan fingerprint density at radius 2 is 2.06 bits per heavy atom. The Bertz CT molecular complexity index is 395. The molecule has 1 N–H and O–H groups in total. The second-order valence-corrected chi connectivity index (χ2v) is 4.23. The van der Waals surface area contributed by atoms with Crippen LogP contribution in [0.1, 0.15) is 24.9 Å². The van der Waals surface area contributed by atoms with Crippen LogP contribution in [0.2, 0.25) is 5.02 Å². The molecule has 0 spiro atoms. The lowest BCUT2D eigenvalue weighted by Crippen LogP contribution is -2.26. The van der Waals surface area contributed by atoms with Gasteiger partial charge in [0.1, 0.15) is 5.75 Å². The fourth-order valence-electron chi connectivity index (χ4n) is 1.69. The second kappa shape index (κ2) is 6.29. The minimum atomic E-state index is -4.22. The summed E-state index contributed by atoms with van der Waals surface area (Å²) >= 11 is 5.91. The van der Waals surface area contributed by atoms with E-state index in [2.05, 4.69) is 5.32 Å². The normalized spacial score (nSPS) is 13.4. The van der Waals surface area contributed by atoms with Crippen molar-refractivity contribution in [3.8, 4) is 5.75 Å². The minimum Gasteiger partial charge on any atom is -0.495 e. The molecule has 1 aromatic carbocycles. The second-order valence-electron chi connectivity index (χ2n) is 3.82. The number of rotatable bonds is 5. The lowest BCUT2D eigenvalue weighted by atomic mass is 10.0. The predicted molar refractivity (Wildman–Crippen MR) is 65.1 cm³/mol. The van der Waals surface area contributed by atoms with E-state index in [-0.39, 0.29) is 0 Å². The summed E-state index contributed by atoms with van der Waals surface area (Å²) in [7, 11) is 1.46. The first-order chi connectivity index (χ1) is 8.37. The van der Waals surface area contributed by atoms with Gasteiger partial charge < -0.3 is 10.1 Å². The molecule has 18 heavy (non-hydrogen) atoms. The van der Waals surface area contributed by atoms with Gasteiger partial charge in [-0.25, -0.2) is 0 Å². The van der Waals surface area contributed by atoms with Gasteiger partial charge in [0.25, 0.3) is 0 Å². The Kier molecular flexibility index (Phi) is 5.28. The van der Waals surface area contributed by atoms with Gasteiger partial charge in [0.15, 0.2) is 0 Å². The zero-order chi connectivity index (χ0) is 13.8. The summed E-state index contributed by atoms with van der Waals surface area (Å²) in [4.78, 5) is 0. The lowest BCUT2D eigenvalue weighted by Gasteiger charge is -2.20. The molecule has 0 fully saturated rings. The number of hydrogen-bond acceptors (Lipinski definition) is 2. The van der Waals surface area contributed by atoms with Crippen molar-refractivity contribution in [1.29, 1.82) is 0 Å². The third kappa shape index (κ3) is 4.38. The van der Waals surface area contributed by atoms with Crippen molar-refractivity contribution >= 4 is 11.6 Å². The number of alkyl halides is 3. The zero-order valence-electron chi connectivity index (χ0n) is 10.1. The highest BCUT2D eigenvalue weighted by atomic mass is 35.5. The number of benzene rings is 1. The van der Waals surface area contributed by atoms with E-state index in [1.807, 2.05) is 0 Å². The first-order valence-electron chi connectivity index (χ1n) is 5.51. The fraction of sp³-hybridized carbons (Fsp3) is 0.500. The quantitative estimate of drug-likeness (QED) is 0.882. The topological polar surface area (TPSA) is 21.3 Å². The first-order valence-corrected chi connectivity index (χ1v) is 5.88. The van der Waals surface area contributed by atoms with Crippen molar-refractivity contribution in [2.75, 3.05) is 13.7 Å². The van der Waals surface area contributed by atoms with E-state index >= 15 is 0 Å². The van der Waals surface area contributed by atoms with E-state index in [0.29, 0.717) is 22.9 Å². The molecule has 1 aromatic rings. The SMILES string of the molecule is CCNC(CC(F)(F)F)c1ccc(OC)c(Cl)c1. The summed E-state index contributed by atoms with van der Waals surface area (Å²) in [6.07, 6.45) is -5.15. The van der Waals surface area contributed by atoms with Crippen LogP contribution >= 0.6 is 11.6 Å². The van der Waals surface area contributed by atoms with Crippen molar-refractivity contribution in [2.45, 2.75) is 25.6 Å². The van der Waals surface area contributed by atoms with E-state index in [9.17, 15) is 13.2 Å². The molecular formula is C12H15ClF3NO. The Hall–Kier alpha value is -0.940. The van der Waals surface area contributed by atoms with E-state index in [4.69, 9.17) is 16.3 Å². The molecule has 2 nitrogen and oxygen atoms in total. The van der Waals surface area contributed by atoms with E-state index in [1.165, 1.54) is 13.2 Å². The van der Waals surface area contributed by atoms with Crippen LogP contribution < -0.4 is 10.1 Å². The number of methoxy groups -OCH3 is 1. The molecule has 1 unspecified atom stereocenters. The van der Waals surface area contributed by atoms with E-state index < -0.39 is 18.6 Å². The maximum atomic E-state index is 12.5. The molecule has 0 amide bonds. The summed E-state index contributed by atoms with van der Waals surface area (Å²) in [5.74, 6) is 0.447. The summed E-state index contributed by atoms with van der Waals surface area (Å²) < 4.78 is 42.4. The Morgan fingerprint density at radius 1 is 1.39 bits per heavy atom. The van der Waals surface area contributed by atoms with Gasteiger partial charge in [-0.3, -0.25) is 0 Å². The average Bonchev–Trinajstić information content (AvgIpc) is 2.26. The van der Waals surface area contributed by atoms with Gasteiger partial charge in [-0.1, -0.05) is 24.6 Å². The maximum absolute atomic E-state index is 12.5. The van der Waals surface area contributed by atoms with Crippen molar-refractivity contribution in [3.05, 3.63) is 28.8 Å². The molecule has 0 saturated heterocycles. The molecule has 0 radical (unpaired) electrons. The highest BCUT2D eigenvalue weighted by Crippen LogP contribution is 2.33. The third-order valence-corrected chi connectivity index (χ3v) is 2.76. The molecule has 1 rings (SSSR count). The van der Waals surface area contributed by atoms with Gasteiger partial charge in [0.2, 0.25) is 0 Å². The highest BCUT2D eigenvalue weighted by Gasteiger charge is 2.32. The molecule has 102 valence electrons. The smallest absolute Gasteiger partial charge is 0.390 e. The van der Waals surface area contributed by atoms with Crippen LogP contribution in [-0.4, -0.2) is 19.8 Å². The van der Waals surface area contributed by atoms with Gasteiger partial charge in [0, 0.05) is 6.04 Å². The number of ether oxygens (including phenoxy) is 1. The molecule has 0 aliphatic carbocycles. The molecule has 0 aliphatic heterocycles. The van der Waals surface area contributed by atoms with Crippen LogP contribution in [0.3, 0.4) is 0 Å². The van der Waals surface area contributed by atoms with E-state index in [0.717, 1.165) is 0 Å². The molecule has 0 saturated carbocycles. The number of halogens is 4. The number of hydrogen-bond donors (Lipinski definition) is 1. The van der Waals surface area contributed by atoms with Gasteiger partial charge in [-0.05, 0) is 24.2 Å². The predicted octanol–water partition coefficient (Wildman–Crippen LogP) is 3.95. The molecule has 0 bridgehead atoms. The van der Waals surface area contributed by atoms with Crippen LogP contribution in [0, 0.1) is 0 Å². The largest absolute Gasteiger partial charge is 0.495 e. The Labute approximate surface area is 109 Å². The van der Waals surface area contributed by atoms with Crippen molar-refractivity contribution in [1.82, 2.24) is 5.32 Å². The molecule has 1 atom stereocenters. The fourth-order valence-corrected chi connectivity index (χ4v) is 1.95. The zero-order valence-corrected chi connectivity index (χ0v) is 10.9. The minimum absolute atomic E-state index is 0.306.